The van der Waals surface area contributed by atoms with Crippen molar-refractivity contribution in [3.8, 4) is 0 Å². The molecule has 0 amide bonds. The number of nitrogens with one attached hydrogen (secondary N) is 1. The summed E-state index contributed by atoms with van der Waals surface area (Å²) in [4.78, 5) is 16.0. The van der Waals surface area contributed by atoms with Crippen molar-refractivity contribution in [2.24, 2.45) is 0 Å². The zero-order valence-electron chi connectivity index (χ0n) is 18.4. The molecule has 2 aromatic heterocycles. The molecular weight excluding hydrogens is 460 g/mol. The third-order valence-electron chi connectivity index (χ3n) is 6.12. The van der Waals surface area contributed by atoms with Gasteiger partial charge in [0.25, 0.3) is 5.56 Å². The van der Waals surface area contributed by atoms with E-state index in [2.05, 4.69) is 13.7 Å². The van der Waals surface area contributed by atoms with Crippen molar-refractivity contribution in [3.63, 3.8) is 0 Å². The number of aromatic amines is 1. The second-order valence-electron chi connectivity index (χ2n) is 8.44. The van der Waals surface area contributed by atoms with Gasteiger partial charge >= 0.3 is 0 Å². The normalized spacial score (nSPS) is 16.9. The lowest BCUT2D eigenvalue weighted by atomic mass is 10.1. The van der Waals surface area contributed by atoms with E-state index in [4.69, 9.17) is 4.74 Å². The minimum absolute atomic E-state index is 0.0607. The fourth-order valence-electron chi connectivity index (χ4n) is 4.38. The number of para-hydroxylation sites is 1. The summed E-state index contributed by atoms with van der Waals surface area (Å²) in [6.45, 7) is 4.40. The fraction of sp³-hybridized carbons (Fsp3) is 0.348. The van der Waals surface area contributed by atoms with Crippen LogP contribution in [-0.2, 0) is 21.3 Å². The molecule has 1 saturated heterocycles. The van der Waals surface area contributed by atoms with Crippen LogP contribution < -0.4 is 5.56 Å². The molecule has 4 aromatic rings. The van der Waals surface area contributed by atoms with Gasteiger partial charge in [0.1, 0.15) is 15.9 Å². The molecule has 1 atom stereocenters. The lowest BCUT2D eigenvalue weighted by Gasteiger charge is -2.25. The summed E-state index contributed by atoms with van der Waals surface area (Å²) >= 11 is 0.983. The number of aromatic nitrogens is 3. The average molecular weight is 485 g/mol. The molecule has 0 aliphatic carbocycles. The Labute approximate surface area is 195 Å². The molecule has 0 unspecified atom stereocenters. The number of rotatable bonds is 6. The summed E-state index contributed by atoms with van der Waals surface area (Å²) in [5, 5.41) is 0.862. The van der Waals surface area contributed by atoms with Gasteiger partial charge in [0.2, 0.25) is 10.0 Å². The van der Waals surface area contributed by atoms with Crippen molar-refractivity contribution in [2.45, 2.75) is 44.2 Å². The maximum atomic E-state index is 14.0. The first kappa shape index (κ1) is 22.1. The van der Waals surface area contributed by atoms with Crippen LogP contribution >= 0.6 is 11.7 Å². The molecule has 1 N–H and O–H groups in total. The van der Waals surface area contributed by atoms with Gasteiger partial charge in [-0.15, -0.1) is 0 Å². The van der Waals surface area contributed by atoms with Crippen LogP contribution in [0.15, 0.2) is 46.1 Å². The lowest BCUT2D eigenvalue weighted by Crippen LogP contribution is -2.38. The quantitative estimate of drug-likeness (QED) is 0.449. The van der Waals surface area contributed by atoms with Crippen LogP contribution in [0.5, 0.6) is 0 Å². The van der Waals surface area contributed by atoms with Crippen molar-refractivity contribution in [3.05, 3.63) is 63.4 Å². The van der Waals surface area contributed by atoms with Crippen LogP contribution in [0.25, 0.3) is 21.9 Å². The zero-order valence-corrected chi connectivity index (χ0v) is 20.0. The molecule has 5 rings (SSSR count). The molecule has 10 heteroatoms. The molecular formula is C23H24N4O4S2. The van der Waals surface area contributed by atoms with E-state index in [1.54, 1.807) is 25.1 Å². The molecule has 1 aliphatic heterocycles. The van der Waals surface area contributed by atoms with E-state index >= 15 is 0 Å². The summed E-state index contributed by atoms with van der Waals surface area (Å²) < 4.78 is 43.5. The first-order chi connectivity index (χ1) is 15.8. The molecule has 3 heterocycles. The average Bonchev–Trinajstić information content (AvgIpc) is 3.46. The van der Waals surface area contributed by atoms with Gasteiger partial charge in [0.05, 0.1) is 23.3 Å². The molecule has 172 valence electrons. The minimum Gasteiger partial charge on any atom is -0.377 e. The van der Waals surface area contributed by atoms with Crippen LogP contribution in [0.3, 0.4) is 0 Å². The number of benzene rings is 2. The Morgan fingerprint density at radius 2 is 2.03 bits per heavy atom. The van der Waals surface area contributed by atoms with Crippen LogP contribution in [0.1, 0.15) is 29.5 Å². The van der Waals surface area contributed by atoms with Crippen molar-refractivity contribution in [1.29, 1.82) is 0 Å². The zero-order chi connectivity index (χ0) is 23.2. The Balaban J connectivity index is 1.61. The van der Waals surface area contributed by atoms with Crippen molar-refractivity contribution in [2.75, 3.05) is 13.2 Å². The van der Waals surface area contributed by atoms with E-state index in [0.717, 1.165) is 41.0 Å². The Morgan fingerprint density at radius 1 is 1.18 bits per heavy atom. The maximum Gasteiger partial charge on any atom is 0.252 e. The van der Waals surface area contributed by atoms with E-state index in [1.807, 2.05) is 25.1 Å². The molecule has 1 fully saturated rings. The Bertz CT molecular complexity index is 1500. The number of ether oxygens (including phenoxy) is 1. The Morgan fingerprint density at radius 3 is 2.82 bits per heavy atom. The van der Waals surface area contributed by atoms with Crippen LogP contribution in [-0.4, -0.2) is 45.7 Å². The van der Waals surface area contributed by atoms with Crippen LogP contribution in [0.2, 0.25) is 0 Å². The first-order valence-corrected chi connectivity index (χ1v) is 13.0. The summed E-state index contributed by atoms with van der Waals surface area (Å²) in [6.07, 6.45) is 1.45. The van der Waals surface area contributed by atoms with Crippen LogP contribution in [0.4, 0.5) is 0 Å². The number of pyridine rings is 1. The van der Waals surface area contributed by atoms with Gasteiger partial charge in [-0.2, -0.15) is 13.1 Å². The highest BCUT2D eigenvalue weighted by Gasteiger charge is 2.33. The van der Waals surface area contributed by atoms with E-state index in [1.165, 1.54) is 4.31 Å². The van der Waals surface area contributed by atoms with Crippen LogP contribution in [0, 0.1) is 13.8 Å². The van der Waals surface area contributed by atoms with Gasteiger partial charge < -0.3 is 9.72 Å². The highest BCUT2D eigenvalue weighted by molar-refractivity contribution is 7.89. The van der Waals surface area contributed by atoms with E-state index in [9.17, 15) is 13.2 Å². The number of nitrogens with zero attached hydrogens (tertiary/aromatic N) is 3. The van der Waals surface area contributed by atoms with Gasteiger partial charge in [0, 0.05) is 25.3 Å². The first-order valence-electron chi connectivity index (χ1n) is 10.8. The van der Waals surface area contributed by atoms with Gasteiger partial charge in [-0.1, -0.05) is 24.3 Å². The number of fused-ring (bicyclic) bond motifs is 2. The van der Waals surface area contributed by atoms with Crippen molar-refractivity contribution < 1.29 is 13.2 Å². The van der Waals surface area contributed by atoms with Gasteiger partial charge in [0.15, 0.2) is 0 Å². The molecule has 0 spiro atoms. The third kappa shape index (κ3) is 4.08. The molecule has 0 radical (unpaired) electrons. The number of hydrogen-bond donors (Lipinski definition) is 1. The maximum absolute atomic E-state index is 14.0. The van der Waals surface area contributed by atoms with E-state index in [-0.39, 0.29) is 29.6 Å². The summed E-state index contributed by atoms with van der Waals surface area (Å²) in [5.41, 5.74) is 3.30. The highest BCUT2D eigenvalue weighted by Crippen LogP contribution is 2.30. The topological polar surface area (TPSA) is 105 Å². The minimum atomic E-state index is -3.99. The molecule has 2 aromatic carbocycles. The van der Waals surface area contributed by atoms with Gasteiger partial charge in [-0.3, -0.25) is 4.79 Å². The second-order valence-corrected chi connectivity index (χ2v) is 10.8. The lowest BCUT2D eigenvalue weighted by molar-refractivity contribution is 0.0925. The van der Waals surface area contributed by atoms with E-state index < -0.39 is 10.0 Å². The Kier molecular flexibility index (Phi) is 5.77. The SMILES string of the molecule is Cc1ccc2nsnc2c1S(=O)(=O)N(Cc1cc2cccc(C)c2[nH]c1=O)C[C@@H]1CCCO1. The molecule has 8 nitrogen and oxygen atoms in total. The number of H-pyrrole nitrogens is 1. The molecule has 0 bridgehead atoms. The summed E-state index contributed by atoms with van der Waals surface area (Å²) in [5.74, 6) is 0. The smallest absolute Gasteiger partial charge is 0.252 e. The Hall–Kier alpha value is -2.66. The van der Waals surface area contributed by atoms with Gasteiger partial charge in [-0.05, 0) is 55.3 Å². The van der Waals surface area contributed by atoms with Gasteiger partial charge in [-0.25, -0.2) is 8.42 Å². The van der Waals surface area contributed by atoms with E-state index in [0.29, 0.717) is 28.8 Å². The second kappa shape index (κ2) is 8.60. The fourth-order valence-corrected chi connectivity index (χ4v) is 6.78. The summed E-state index contributed by atoms with van der Waals surface area (Å²) in [7, 11) is -3.99. The highest BCUT2D eigenvalue weighted by atomic mass is 32.2. The molecule has 1 aliphatic rings. The summed E-state index contributed by atoms with van der Waals surface area (Å²) in [6, 6.07) is 11.0. The largest absolute Gasteiger partial charge is 0.377 e. The van der Waals surface area contributed by atoms with Crippen molar-refractivity contribution in [1.82, 2.24) is 18.0 Å². The molecule has 0 saturated carbocycles. The van der Waals surface area contributed by atoms with Crippen molar-refractivity contribution >= 4 is 43.7 Å². The predicted octanol–water partition coefficient (Wildman–Crippen LogP) is 3.52. The predicted molar refractivity (Wildman–Crippen MR) is 128 cm³/mol. The number of aryl methyl sites for hydroxylation is 2. The standard InChI is InChI=1S/C23H24N4O4S2/c1-14-5-3-6-16-11-17(23(28)24-20(14)16)12-27(13-18-7-4-10-31-18)33(29,30)22-15(2)8-9-19-21(22)26-32-25-19/h3,5-6,8-9,11,18H,4,7,10,12-13H2,1-2H3,(H,24,28)/t18-/m0/s1. The molecule has 33 heavy (non-hydrogen) atoms. The number of hydrogen-bond acceptors (Lipinski definition) is 7. The monoisotopic (exact) mass is 484 g/mol. The number of sulfonamides is 1. The third-order valence-corrected chi connectivity index (χ3v) is 8.65.